The number of rotatable bonds is 4. The highest BCUT2D eigenvalue weighted by Crippen LogP contribution is 2.00. The zero-order chi connectivity index (χ0) is 12.7. The molecule has 1 heterocycles. The van der Waals surface area contributed by atoms with E-state index in [1.54, 1.807) is 12.4 Å². The van der Waals surface area contributed by atoms with Crippen molar-refractivity contribution in [2.45, 2.75) is 13.3 Å². The maximum atomic E-state index is 11.6. The highest BCUT2D eigenvalue weighted by Gasteiger charge is 2.14. The van der Waals surface area contributed by atoms with Crippen molar-refractivity contribution in [2.75, 3.05) is 13.1 Å². The quantitative estimate of drug-likeness (QED) is 0.525. The summed E-state index contributed by atoms with van der Waals surface area (Å²) >= 11 is 0. The molecule has 1 aromatic rings. The van der Waals surface area contributed by atoms with Crippen LogP contribution in [0.25, 0.3) is 0 Å². The van der Waals surface area contributed by atoms with Gasteiger partial charge < -0.3 is 11.1 Å². The number of carbonyl (C=O) groups is 1. The van der Waals surface area contributed by atoms with Crippen molar-refractivity contribution in [3.05, 3.63) is 30.1 Å². The van der Waals surface area contributed by atoms with Crippen molar-refractivity contribution < 1.29 is 4.79 Å². The maximum Gasteiger partial charge on any atom is 0.324 e. The number of carbonyl (C=O) groups excluding carboxylic acids is 1. The summed E-state index contributed by atoms with van der Waals surface area (Å²) in [6.45, 7) is 2.71. The number of guanidine groups is 1. The Hall–Kier alpha value is -2.11. The van der Waals surface area contributed by atoms with Gasteiger partial charge in [-0.05, 0) is 31.0 Å². The molecular weight excluding hydrogens is 218 g/mol. The third kappa shape index (κ3) is 4.10. The van der Waals surface area contributed by atoms with Crippen molar-refractivity contribution in [1.29, 1.82) is 5.41 Å². The second-order valence-corrected chi connectivity index (χ2v) is 3.48. The number of pyridine rings is 1. The van der Waals surface area contributed by atoms with Gasteiger partial charge in [-0.3, -0.25) is 15.3 Å². The van der Waals surface area contributed by atoms with E-state index in [0.717, 1.165) is 5.56 Å². The molecule has 0 unspecified atom stereocenters. The summed E-state index contributed by atoms with van der Waals surface area (Å²) in [6.07, 6.45) is 4.03. The molecule has 2 amide bonds. The van der Waals surface area contributed by atoms with E-state index in [0.29, 0.717) is 19.5 Å². The van der Waals surface area contributed by atoms with E-state index in [-0.39, 0.29) is 12.0 Å². The molecule has 6 nitrogen and oxygen atoms in total. The van der Waals surface area contributed by atoms with Gasteiger partial charge in [0.1, 0.15) is 0 Å². The highest BCUT2D eigenvalue weighted by molar-refractivity contribution is 5.93. The smallest absolute Gasteiger partial charge is 0.324 e. The molecule has 0 aromatic carbocycles. The van der Waals surface area contributed by atoms with Crippen molar-refractivity contribution in [2.24, 2.45) is 5.73 Å². The fourth-order valence-corrected chi connectivity index (χ4v) is 1.37. The molecule has 0 spiro atoms. The number of hydrogen-bond acceptors (Lipinski definition) is 3. The van der Waals surface area contributed by atoms with Gasteiger partial charge in [-0.2, -0.15) is 0 Å². The Bertz CT molecular complexity index is 379. The molecule has 1 rings (SSSR count). The molecule has 92 valence electrons. The number of amides is 2. The molecule has 0 atom stereocenters. The monoisotopic (exact) mass is 235 g/mol. The van der Waals surface area contributed by atoms with Gasteiger partial charge in [-0.25, -0.2) is 4.79 Å². The van der Waals surface area contributed by atoms with Gasteiger partial charge in [-0.1, -0.05) is 0 Å². The van der Waals surface area contributed by atoms with Crippen LogP contribution in [-0.4, -0.2) is 35.0 Å². The second-order valence-electron chi connectivity index (χ2n) is 3.48. The zero-order valence-electron chi connectivity index (χ0n) is 9.81. The average molecular weight is 235 g/mol. The first-order valence-corrected chi connectivity index (χ1v) is 5.43. The lowest BCUT2D eigenvalue weighted by Crippen LogP contribution is -2.47. The van der Waals surface area contributed by atoms with Crippen LogP contribution in [0.2, 0.25) is 0 Å². The first kappa shape index (κ1) is 13.0. The molecule has 0 saturated carbocycles. The summed E-state index contributed by atoms with van der Waals surface area (Å²) in [5.74, 6) is -0.245. The molecule has 4 N–H and O–H groups in total. The van der Waals surface area contributed by atoms with Crippen LogP contribution in [0.15, 0.2) is 24.5 Å². The SMILES string of the molecule is CCNC(=O)N(CCc1ccncc1)C(=N)N. The Morgan fingerprint density at radius 2 is 2.18 bits per heavy atom. The largest absolute Gasteiger partial charge is 0.370 e. The molecule has 6 heteroatoms. The molecule has 17 heavy (non-hydrogen) atoms. The fraction of sp³-hybridized carbons (Fsp3) is 0.364. The lowest BCUT2D eigenvalue weighted by molar-refractivity contribution is 0.221. The second kappa shape index (κ2) is 6.47. The first-order valence-electron chi connectivity index (χ1n) is 5.43. The minimum Gasteiger partial charge on any atom is -0.370 e. The topological polar surface area (TPSA) is 95.1 Å². The van der Waals surface area contributed by atoms with E-state index in [9.17, 15) is 4.79 Å². The average Bonchev–Trinajstić information content (AvgIpc) is 2.30. The standard InChI is InChI=1S/C11H17N5O/c1-2-15-11(17)16(10(12)13)8-5-9-3-6-14-7-4-9/h3-4,6-7H,2,5,8H2,1H3,(H3,12,13)(H,15,17). The van der Waals surface area contributed by atoms with Crippen molar-refractivity contribution in [3.63, 3.8) is 0 Å². The minimum atomic E-state index is -0.339. The van der Waals surface area contributed by atoms with E-state index >= 15 is 0 Å². The third-order valence-electron chi connectivity index (χ3n) is 2.24. The van der Waals surface area contributed by atoms with Crippen molar-refractivity contribution in [3.8, 4) is 0 Å². The summed E-state index contributed by atoms with van der Waals surface area (Å²) in [6, 6.07) is 3.40. The van der Waals surface area contributed by atoms with Gasteiger partial charge in [0.25, 0.3) is 0 Å². The van der Waals surface area contributed by atoms with Crippen molar-refractivity contribution >= 4 is 12.0 Å². The van der Waals surface area contributed by atoms with E-state index in [1.807, 2.05) is 19.1 Å². The van der Waals surface area contributed by atoms with Gasteiger partial charge in [-0.15, -0.1) is 0 Å². The van der Waals surface area contributed by atoms with E-state index in [2.05, 4.69) is 10.3 Å². The predicted octanol–water partition coefficient (Wildman–Crippen LogP) is 0.549. The molecule has 0 bridgehead atoms. The molecule has 0 aliphatic rings. The number of nitrogens with one attached hydrogen (secondary N) is 2. The van der Waals surface area contributed by atoms with Crippen LogP contribution in [-0.2, 0) is 6.42 Å². The molecule has 0 aliphatic heterocycles. The summed E-state index contributed by atoms with van der Waals surface area (Å²) < 4.78 is 0. The van der Waals surface area contributed by atoms with Crippen LogP contribution < -0.4 is 11.1 Å². The molecule has 0 radical (unpaired) electrons. The zero-order valence-corrected chi connectivity index (χ0v) is 9.81. The number of nitrogens with two attached hydrogens (primary N) is 1. The Morgan fingerprint density at radius 3 is 2.71 bits per heavy atom. The normalized spacial score (nSPS) is 9.71. The van der Waals surface area contributed by atoms with Gasteiger partial charge >= 0.3 is 6.03 Å². The predicted molar refractivity (Wildman–Crippen MR) is 65.6 cm³/mol. The van der Waals surface area contributed by atoms with E-state index in [4.69, 9.17) is 11.1 Å². The van der Waals surface area contributed by atoms with Crippen LogP contribution in [0.5, 0.6) is 0 Å². The summed E-state index contributed by atoms with van der Waals surface area (Å²) in [5.41, 5.74) is 6.42. The van der Waals surface area contributed by atoms with Crippen LogP contribution in [0, 0.1) is 5.41 Å². The molecule has 0 saturated heterocycles. The number of hydrogen-bond donors (Lipinski definition) is 3. The molecule has 1 aromatic heterocycles. The minimum absolute atomic E-state index is 0.245. The highest BCUT2D eigenvalue weighted by atomic mass is 16.2. The molecule has 0 fully saturated rings. The van der Waals surface area contributed by atoms with Crippen LogP contribution >= 0.6 is 0 Å². The van der Waals surface area contributed by atoms with Gasteiger partial charge in [0.05, 0.1) is 0 Å². The Balaban J connectivity index is 2.56. The van der Waals surface area contributed by atoms with Crippen LogP contribution in [0.4, 0.5) is 4.79 Å². The van der Waals surface area contributed by atoms with E-state index < -0.39 is 0 Å². The van der Waals surface area contributed by atoms with Gasteiger partial charge in [0, 0.05) is 25.5 Å². The van der Waals surface area contributed by atoms with Crippen LogP contribution in [0.1, 0.15) is 12.5 Å². The van der Waals surface area contributed by atoms with Crippen molar-refractivity contribution in [1.82, 2.24) is 15.2 Å². The van der Waals surface area contributed by atoms with Crippen LogP contribution in [0.3, 0.4) is 0 Å². The van der Waals surface area contributed by atoms with E-state index in [1.165, 1.54) is 4.90 Å². The first-order chi connectivity index (χ1) is 8.15. The molecule has 0 aliphatic carbocycles. The number of urea groups is 1. The maximum absolute atomic E-state index is 11.6. The Kier molecular flexibility index (Phi) is 4.93. The Labute approximate surface area is 100 Å². The Morgan fingerprint density at radius 1 is 1.53 bits per heavy atom. The summed E-state index contributed by atoms with van der Waals surface area (Å²) in [7, 11) is 0. The fourth-order valence-electron chi connectivity index (χ4n) is 1.37. The number of aromatic nitrogens is 1. The third-order valence-corrected chi connectivity index (χ3v) is 2.24. The molecular formula is C11H17N5O. The van der Waals surface area contributed by atoms with Gasteiger partial charge in [0.15, 0.2) is 5.96 Å². The van der Waals surface area contributed by atoms with Gasteiger partial charge in [0.2, 0.25) is 0 Å². The summed E-state index contributed by atoms with van der Waals surface area (Å²) in [4.78, 5) is 16.7. The lowest BCUT2D eigenvalue weighted by atomic mass is 10.2. The number of nitrogens with zero attached hydrogens (tertiary/aromatic N) is 2. The summed E-state index contributed by atoms with van der Waals surface area (Å²) in [5, 5.41) is 9.97. The lowest BCUT2D eigenvalue weighted by Gasteiger charge is -2.20.